The van der Waals surface area contributed by atoms with Gasteiger partial charge in [0.05, 0.1) is 23.7 Å². The molecule has 1 aliphatic rings. The van der Waals surface area contributed by atoms with Crippen molar-refractivity contribution in [2.24, 2.45) is 0 Å². The molecule has 0 unspecified atom stereocenters. The van der Waals surface area contributed by atoms with Crippen LogP contribution in [0.2, 0.25) is 0 Å². The van der Waals surface area contributed by atoms with E-state index in [4.69, 9.17) is 5.11 Å². The molecule has 0 aromatic heterocycles. The Kier molecular flexibility index (Phi) is 4.10. The molecule has 19 heavy (non-hydrogen) atoms. The third-order valence-corrected chi connectivity index (χ3v) is 4.20. The van der Waals surface area contributed by atoms with Crippen LogP contribution in [0, 0.1) is 0 Å². The Bertz CT molecular complexity index is 487. The van der Waals surface area contributed by atoms with E-state index in [9.17, 15) is 36.3 Å². The van der Waals surface area contributed by atoms with Crippen LogP contribution < -0.4 is 0 Å². The van der Waals surface area contributed by atoms with Crippen LogP contribution >= 0.6 is 0 Å². The lowest BCUT2D eigenvalue weighted by Gasteiger charge is -2.29. The summed E-state index contributed by atoms with van der Waals surface area (Å²) in [4.78, 5) is 21.4. The molecule has 2 atom stereocenters. The van der Waals surface area contributed by atoms with Gasteiger partial charge in [0.15, 0.2) is 9.84 Å². The normalized spacial score (nSPS) is 26.1. The third-order valence-electron chi connectivity index (χ3n) is 2.50. The lowest BCUT2D eigenvalue weighted by atomic mass is 10.1. The number of aliphatic hydroxyl groups is 1. The van der Waals surface area contributed by atoms with E-state index in [-0.39, 0.29) is 4.90 Å². The number of carboxylic acids is 1. The Morgan fingerprint density at radius 1 is 1.26 bits per heavy atom. The average Bonchev–Trinajstić information content (AvgIpc) is 2.46. The Morgan fingerprint density at radius 2 is 1.79 bits per heavy atom. The number of hydrogen-bond acceptors (Lipinski definition) is 5. The van der Waals surface area contributed by atoms with Crippen LogP contribution in [-0.4, -0.2) is 71.8 Å². The summed E-state index contributed by atoms with van der Waals surface area (Å²) in [6.07, 6.45) is -7.09. The molecule has 1 saturated heterocycles. The van der Waals surface area contributed by atoms with E-state index in [2.05, 4.69) is 0 Å². The van der Waals surface area contributed by atoms with Crippen molar-refractivity contribution < 1.29 is 41.4 Å². The molecule has 1 aliphatic heterocycles. The van der Waals surface area contributed by atoms with E-state index in [1.54, 1.807) is 0 Å². The summed E-state index contributed by atoms with van der Waals surface area (Å²) >= 11 is 0. The highest BCUT2D eigenvalue weighted by Crippen LogP contribution is 2.25. The van der Waals surface area contributed by atoms with Crippen LogP contribution in [-0.2, 0) is 19.4 Å². The van der Waals surface area contributed by atoms with Crippen molar-refractivity contribution in [3.8, 4) is 0 Å². The fraction of sp³-hybridized carbons (Fsp3) is 0.750. The zero-order valence-electron chi connectivity index (χ0n) is 9.29. The van der Waals surface area contributed by atoms with E-state index < -0.39 is 58.1 Å². The topological polar surface area (TPSA) is 112 Å². The first-order chi connectivity index (χ1) is 8.44. The SMILES string of the molecule is O=C(O)CN(C(=O)C(F)(F)F)[C@@H]1CS(=O)(=O)C[C@H]1O. The van der Waals surface area contributed by atoms with Crippen LogP contribution in [0.1, 0.15) is 0 Å². The number of carboxylic acid groups (broad SMARTS) is 1. The summed E-state index contributed by atoms with van der Waals surface area (Å²) in [6, 6.07) is -1.71. The number of amides is 1. The summed E-state index contributed by atoms with van der Waals surface area (Å²) in [7, 11) is -3.81. The summed E-state index contributed by atoms with van der Waals surface area (Å²) in [5.74, 6) is -5.94. The summed E-state index contributed by atoms with van der Waals surface area (Å²) < 4.78 is 59.3. The molecule has 0 radical (unpaired) electrons. The predicted octanol–water partition coefficient (Wildman–Crippen LogP) is -1.38. The number of sulfone groups is 1. The fourth-order valence-electron chi connectivity index (χ4n) is 1.76. The Balaban J connectivity index is 3.05. The minimum Gasteiger partial charge on any atom is -0.480 e. The molecule has 0 saturated carbocycles. The van der Waals surface area contributed by atoms with Crippen molar-refractivity contribution in [3.63, 3.8) is 0 Å². The first-order valence-electron chi connectivity index (χ1n) is 4.92. The average molecular weight is 305 g/mol. The van der Waals surface area contributed by atoms with Crippen LogP contribution in [0.15, 0.2) is 0 Å². The number of aliphatic hydroxyl groups excluding tert-OH is 1. The molecule has 0 aromatic rings. The van der Waals surface area contributed by atoms with Gasteiger partial charge in [0, 0.05) is 0 Å². The minimum absolute atomic E-state index is 0.169. The molecule has 7 nitrogen and oxygen atoms in total. The van der Waals surface area contributed by atoms with Crippen LogP contribution in [0.5, 0.6) is 0 Å². The van der Waals surface area contributed by atoms with Crippen LogP contribution in [0.25, 0.3) is 0 Å². The van der Waals surface area contributed by atoms with Crippen LogP contribution in [0.4, 0.5) is 13.2 Å². The predicted molar refractivity (Wildman–Crippen MR) is 53.9 cm³/mol. The fourth-order valence-corrected chi connectivity index (χ4v) is 3.56. The molecule has 0 bridgehead atoms. The van der Waals surface area contributed by atoms with Crippen molar-refractivity contribution >= 4 is 21.7 Å². The zero-order chi connectivity index (χ0) is 15.0. The highest BCUT2D eigenvalue weighted by atomic mass is 32.2. The highest BCUT2D eigenvalue weighted by Gasteiger charge is 2.50. The number of carbonyl (C=O) groups is 2. The summed E-state index contributed by atoms with van der Waals surface area (Å²) in [5.41, 5.74) is 0. The Labute approximate surface area is 105 Å². The zero-order valence-corrected chi connectivity index (χ0v) is 10.1. The van der Waals surface area contributed by atoms with E-state index in [1.165, 1.54) is 0 Å². The van der Waals surface area contributed by atoms with Gasteiger partial charge in [0.1, 0.15) is 6.54 Å². The smallest absolute Gasteiger partial charge is 0.471 e. The van der Waals surface area contributed by atoms with Gasteiger partial charge in [-0.15, -0.1) is 0 Å². The molecule has 11 heteroatoms. The second-order valence-corrected chi connectivity index (χ2v) is 6.19. The van der Waals surface area contributed by atoms with Crippen molar-refractivity contribution in [2.75, 3.05) is 18.1 Å². The first kappa shape index (κ1) is 15.7. The molecule has 1 fully saturated rings. The van der Waals surface area contributed by atoms with E-state index >= 15 is 0 Å². The van der Waals surface area contributed by atoms with Crippen molar-refractivity contribution in [3.05, 3.63) is 0 Å². The molecule has 1 rings (SSSR count). The van der Waals surface area contributed by atoms with Gasteiger partial charge in [-0.2, -0.15) is 13.2 Å². The molecule has 0 aromatic carbocycles. The maximum absolute atomic E-state index is 12.3. The molecular weight excluding hydrogens is 295 g/mol. The van der Waals surface area contributed by atoms with Crippen LogP contribution in [0.3, 0.4) is 0 Å². The first-order valence-corrected chi connectivity index (χ1v) is 6.74. The molecule has 1 heterocycles. The number of halogens is 3. The highest BCUT2D eigenvalue weighted by molar-refractivity contribution is 7.91. The van der Waals surface area contributed by atoms with Crippen molar-refractivity contribution in [1.82, 2.24) is 4.90 Å². The van der Waals surface area contributed by atoms with Gasteiger partial charge in [-0.3, -0.25) is 9.59 Å². The minimum atomic E-state index is -5.35. The lowest BCUT2D eigenvalue weighted by Crippen LogP contribution is -2.53. The maximum Gasteiger partial charge on any atom is 0.471 e. The molecule has 0 aliphatic carbocycles. The molecule has 2 N–H and O–H groups in total. The Morgan fingerprint density at radius 3 is 2.11 bits per heavy atom. The van der Waals surface area contributed by atoms with Gasteiger partial charge in [-0.05, 0) is 0 Å². The lowest BCUT2D eigenvalue weighted by molar-refractivity contribution is -0.190. The molecular formula is C8H10F3NO6S. The molecule has 0 spiro atoms. The number of carbonyl (C=O) groups excluding carboxylic acids is 1. The van der Waals surface area contributed by atoms with E-state index in [1.807, 2.05) is 0 Å². The monoisotopic (exact) mass is 305 g/mol. The Hall–Kier alpha value is -1.36. The second-order valence-electron chi connectivity index (χ2n) is 4.04. The van der Waals surface area contributed by atoms with Gasteiger partial charge >= 0.3 is 18.1 Å². The maximum atomic E-state index is 12.3. The standard InChI is InChI=1S/C8H10F3NO6S/c9-8(10,11)7(16)12(1-6(14)15)4-2-19(17,18)3-5(4)13/h4-5,13H,1-3H2,(H,14,15)/t4-,5-/m1/s1. The third kappa shape index (κ3) is 3.80. The van der Waals surface area contributed by atoms with Gasteiger partial charge in [-0.25, -0.2) is 8.42 Å². The van der Waals surface area contributed by atoms with Gasteiger partial charge in [-0.1, -0.05) is 0 Å². The number of rotatable bonds is 3. The van der Waals surface area contributed by atoms with Gasteiger partial charge in [0.2, 0.25) is 0 Å². The second kappa shape index (κ2) is 4.96. The van der Waals surface area contributed by atoms with Crippen molar-refractivity contribution in [2.45, 2.75) is 18.3 Å². The summed E-state index contributed by atoms with van der Waals surface area (Å²) in [6.45, 7) is -1.34. The molecule has 110 valence electrons. The molecule has 1 amide bonds. The summed E-state index contributed by atoms with van der Waals surface area (Å²) in [5, 5.41) is 17.9. The number of alkyl halides is 3. The van der Waals surface area contributed by atoms with Gasteiger partial charge < -0.3 is 15.1 Å². The van der Waals surface area contributed by atoms with E-state index in [0.717, 1.165) is 0 Å². The number of nitrogens with zero attached hydrogens (tertiary/aromatic N) is 1. The number of hydrogen-bond donors (Lipinski definition) is 2. The van der Waals surface area contributed by atoms with E-state index in [0.29, 0.717) is 0 Å². The quantitative estimate of drug-likeness (QED) is 0.664. The van der Waals surface area contributed by atoms with Gasteiger partial charge in [0.25, 0.3) is 0 Å². The van der Waals surface area contributed by atoms with Crippen molar-refractivity contribution in [1.29, 1.82) is 0 Å². The largest absolute Gasteiger partial charge is 0.480 e. The number of aliphatic carboxylic acids is 1.